The molecule has 2 aliphatic carbocycles. The van der Waals surface area contributed by atoms with Crippen LogP contribution in [-0.4, -0.2) is 102 Å². The van der Waals surface area contributed by atoms with Gasteiger partial charge in [-0.05, 0) is 18.9 Å². The van der Waals surface area contributed by atoms with Crippen molar-refractivity contribution in [3.8, 4) is 0 Å². The van der Waals surface area contributed by atoms with E-state index in [0.29, 0.717) is 6.54 Å². The summed E-state index contributed by atoms with van der Waals surface area (Å²) in [7, 11) is 1.49. The van der Waals surface area contributed by atoms with Gasteiger partial charge in [0.15, 0.2) is 12.6 Å². The molecule has 0 aromatic rings. The predicted molar refractivity (Wildman–Crippen MR) is 165 cm³/mol. The van der Waals surface area contributed by atoms with Crippen LogP contribution in [0.1, 0.15) is 96.8 Å². The zero-order valence-corrected chi connectivity index (χ0v) is 28.3. The first-order chi connectivity index (χ1) is 19.4. The van der Waals surface area contributed by atoms with Crippen LogP contribution in [0.5, 0.6) is 0 Å². The topological polar surface area (TPSA) is 156 Å². The van der Waals surface area contributed by atoms with E-state index in [9.17, 15) is 20.4 Å². The summed E-state index contributed by atoms with van der Waals surface area (Å²) >= 11 is 0. The molecule has 0 amide bonds. The standard InChI is InChI=1S/C25H48N2O8.C5H10.2CH3.Fe/c1-15-17(13-28)33-24(19(26)21(15)30)35-23-18(14-29)34-25(32-2)20(22(23)31)27-12-8-4-3-5-9-16-10-6-7-11-16;1-2-4-5-3-1;;;/h15-25,27-31H,3-14,26H2,1-2H3;1-5H2;2*1H3;/q;;2*-1;+2/t15-,17?,18?,19?,20?,21+,22-,23-,24+,25-;;;;/m1..../s1. The first-order valence-corrected chi connectivity index (χ1v) is 16.0. The van der Waals surface area contributed by atoms with E-state index in [0.717, 1.165) is 18.8 Å². The molecule has 258 valence electrons. The molecule has 0 radical (unpaired) electrons. The molecule has 43 heavy (non-hydrogen) atoms. The van der Waals surface area contributed by atoms with Crippen LogP contribution in [0.15, 0.2) is 0 Å². The van der Waals surface area contributed by atoms with E-state index in [2.05, 4.69) is 5.32 Å². The summed E-state index contributed by atoms with van der Waals surface area (Å²) < 4.78 is 23.1. The van der Waals surface area contributed by atoms with Gasteiger partial charge in [0.2, 0.25) is 0 Å². The minimum Gasteiger partial charge on any atom is -0.394 e. The van der Waals surface area contributed by atoms with Gasteiger partial charge in [0.05, 0.1) is 37.5 Å². The number of methoxy groups -OCH3 is 1. The predicted octanol–water partition coefficient (Wildman–Crippen LogP) is 3.09. The van der Waals surface area contributed by atoms with Crippen molar-refractivity contribution < 1.29 is 56.4 Å². The maximum absolute atomic E-state index is 11.2. The van der Waals surface area contributed by atoms with Crippen molar-refractivity contribution >= 4 is 0 Å². The molecule has 4 aliphatic rings. The smallest absolute Gasteiger partial charge is 0.394 e. The van der Waals surface area contributed by atoms with Crippen LogP contribution < -0.4 is 11.1 Å². The molecular weight excluding hydrogens is 596 g/mol. The van der Waals surface area contributed by atoms with Crippen molar-refractivity contribution in [2.45, 2.75) is 152 Å². The molecule has 10 nitrogen and oxygen atoms in total. The summed E-state index contributed by atoms with van der Waals surface area (Å²) in [5.41, 5.74) is 6.14. The minimum atomic E-state index is -1.08. The number of hydrogen-bond acceptors (Lipinski definition) is 10. The third-order valence-electron chi connectivity index (χ3n) is 9.34. The SMILES string of the molecule is C1CCCC1.CO[C@@H]1OC(CO)[C@@H](O[C@@H]2OC(CO)[C@@H](C)[C@H](O)C2N)[C@H](O)C1NCCCCCCC1CCCC1.[CH3-].[CH3-].[Fe+2]. The van der Waals surface area contributed by atoms with Gasteiger partial charge in [0.25, 0.3) is 0 Å². The van der Waals surface area contributed by atoms with Crippen LogP contribution in [0.25, 0.3) is 0 Å². The Morgan fingerprint density at radius 2 is 1.35 bits per heavy atom. The Bertz CT molecular complexity index is 664. The molecule has 0 spiro atoms. The average Bonchev–Trinajstić information content (AvgIpc) is 3.72. The largest absolute Gasteiger partial charge is 2.00 e. The van der Waals surface area contributed by atoms with Crippen molar-refractivity contribution in [2.75, 3.05) is 26.9 Å². The average molecular weight is 661 g/mol. The zero-order chi connectivity index (χ0) is 28.9. The maximum Gasteiger partial charge on any atom is 2.00 e. The van der Waals surface area contributed by atoms with E-state index in [4.69, 9.17) is 24.7 Å². The third-order valence-corrected chi connectivity index (χ3v) is 9.34. The molecule has 7 N–H and O–H groups in total. The van der Waals surface area contributed by atoms with Crippen LogP contribution >= 0.6 is 0 Å². The van der Waals surface area contributed by atoms with Gasteiger partial charge in [-0.3, -0.25) is 0 Å². The fourth-order valence-electron chi connectivity index (χ4n) is 6.62. The van der Waals surface area contributed by atoms with Gasteiger partial charge in [-0.2, -0.15) is 0 Å². The Balaban J connectivity index is 0.00000200. The molecule has 0 aromatic heterocycles. The molecule has 10 atom stereocenters. The van der Waals surface area contributed by atoms with E-state index >= 15 is 0 Å². The fourth-order valence-corrected chi connectivity index (χ4v) is 6.62. The van der Waals surface area contributed by atoms with Crippen molar-refractivity contribution in [2.24, 2.45) is 17.6 Å². The number of unbranched alkanes of at least 4 members (excludes halogenated alkanes) is 3. The molecule has 2 saturated carbocycles. The summed E-state index contributed by atoms with van der Waals surface area (Å²) in [6, 6.07) is -1.46. The van der Waals surface area contributed by atoms with Gasteiger partial charge >= 0.3 is 17.1 Å². The second kappa shape index (κ2) is 23.4. The molecule has 2 saturated heterocycles. The minimum absolute atomic E-state index is 0. The van der Waals surface area contributed by atoms with Gasteiger partial charge in [0.1, 0.15) is 18.3 Å². The van der Waals surface area contributed by atoms with Crippen LogP contribution in [0.2, 0.25) is 0 Å². The van der Waals surface area contributed by atoms with Crippen molar-refractivity contribution in [1.29, 1.82) is 0 Å². The number of aliphatic hydroxyl groups excluding tert-OH is 4. The quantitative estimate of drug-likeness (QED) is 0.0987. The molecule has 0 bridgehead atoms. The molecule has 2 aliphatic heterocycles. The van der Waals surface area contributed by atoms with Crippen LogP contribution in [0.3, 0.4) is 0 Å². The molecule has 4 fully saturated rings. The summed E-state index contributed by atoms with van der Waals surface area (Å²) in [6.45, 7) is 1.73. The Kier molecular flexibility index (Phi) is 23.5. The number of hydrogen-bond donors (Lipinski definition) is 6. The zero-order valence-electron chi connectivity index (χ0n) is 27.2. The van der Waals surface area contributed by atoms with E-state index in [-0.39, 0.29) is 44.4 Å². The van der Waals surface area contributed by atoms with Gasteiger partial charge in [-0.15, -0.1) is 0 Å². The maximum atomic E-state index is 11.2. The van der Waals surface area contributed by atoms with E-state index in [1.807, 2.05) is 0 Å². The van der Waals surface area contributed by atoms with Crippen molar-refractivity contribution in [3.05, 3.63) is 14.9 Å². The first kappa shape index (κ1) is 43.1. The number of nitrogens with one attached hydrogen (secondary N) is 1. The summed E-state index contributed by atoms with van der Waals surface area (Å²) in [6.07, 6.45) is 12.6. The fraction of sp³-hybridized carbons (Fsp3) is 0.938. The van der Waals surface area contributed by atoms with Gasteiger partial charge in [-0.1, -0.05) is 90.4 Å². The van der Waals surface area contributed by atoms with Gasteiger partial charge in [0, 0.05) is 13.0 Å². The van der Waals surface area contributed by atoms with E-state index in [1.165, 1.54) is 84.2 Å². The second-order valence-electron chi connectivity index (χ2n) is 12.3. The van der Waals surface area contributed by atoms with Crippen molar-refractivity contribution in [1.82, 2.24) is 5.32 Å². The monoisotopic (exact) mass is 660 g/mol. The summed E-state index contributed by atoms with van der Waals surface area (Å²) in [5.74, 6) is 0.557. The number of nitrogens with two attached hydrogens (primary N) is 1. The molecular formula is C32H64FeN2O8. The summed E-state index contributed by atoms with van der Waals surface area (Å²) in [5, 5.41) is 44.5. The number of ether oxygens (including phenoxy) is 4. The second-order valence-corrected chi connectivity index (χ2v) is 12.3. The molecule has 11 heteroatoms. The normalized spacial score (nSPS) is 36.1. The molecule has 0 aromatic carbocycles. The van der Waals surface area contributed by atoms with Gasteiger partial charge in [-0.25, -0.2) is 0 Å². The van der Waals surface area contributed by atoms with Crippen LogP contribution in [0, 0.1) is 26.7 Å². The Morgan fingerprint density at radius 3 is 1.91 bits per heavy atom. The van der Waals surface area contributed by atoms with Crippen molar-refractivity contribution in [3.63, 3.8) is 0 Å². The Labute approximate surface area is 272 Å². The van der Waals surface area contributed by atoms with Gasteiger partial charge < -0.3 is 65.3 Å². The number of aliphatic hydroxyl groups is 4. The molecule has 4 rings (SSSR count). The Morgan fingerprint density at radius 1 is 0.791 bits per heavy atom. The first-order valence-electron chi connectivity index (χ1n) is 16.0. The Hall–Kier alpha value is 0.119. The van der Waals surface area contributed by atoms with Crippen LogP contribution in [-0.2, 0) is 36.0 Å². The van der Waals surface area contributed by atoms with E-state index in [1.54, 1.807) is 6.92 Å². The number of rotatable bonds is 13. The summed E-state index contributed by atoms with van der Waals surface area (Å²) in [4.78, 5) is 0. The third kappa shape index (κ3) is 13.0. The van der Waals surface area contributed by atoms with E-state index < -0.39 is 61.8 Å². The van der Waals surface area contributed by atoms with Crippen LogP contribution in [0.4, 0.5) is 0 Å². The molecule has 4 unspecified atom stereocenters. The molecule has 2 heterocycles.